The molecule has 0 heterocycles. The summed E-state index contributed by atoms with van der Waals surface area (Å²) >= 11 is 0.0299. The summed E-state index contributed by atoms with van der Waals surface area (Å²) in [6.45, 7) is 5.07. The number of hydrogen-bond acceptors (Lipinski definition) is 4. The van der Waals surface area contributed by atoms with E-state index in [9.17, 15) is 9.59 Å². The molecule has 1 unspecified atom stereocenters. The second kappa shape index (κ2) is 7.88. The van der Waals surface area contributed by atoms with Crippen molar-refractivity contribution in [3.05, 3.63) is 43.0 Å². The van der Waals surface area contributed by atoms with E-state index in [1.807, 2.05) is 30.3 Å². The van der Waals surface area contributed by atoms with Gasteiger partial charge in [-0.05, 0) is 0 Å². The number of allylic oxidation sites excluding steroid dienone is 1. The Kier molecular flexibility index (Phi) is 6.49. The molecular formula is C15H18O4Se. The van der Waals surface area contributed by atoms with Gasteiger partial charge < -0.3 is 0 Å². The molecule has 0 aliphatic carbocycles. The summed E-state index contributed by atoms with van der Waals surface area (Å²) in [7, 11) is 1.25. The fraction of sp³-hybridized carbons (Fsp3) is 0.333. The summed E-state index contributed by atoms with van der Waals surface area (Å²) in [5, 5.41) is 0. The third-order valence-electron chi connectivity index (χ3n) is 2.80. The summed E-state index contributed by atoms with van der Waals surface area (Å²) in [5.74, 6) is -1.17. The van der Waals surface area contributed by atoms with E-state index in [4.69, 9.17) is 4.74 Å². The fourth-order valence-electron chi connectivity index (χ4n) is 1.59. The van der Waals surface area contributed by atoms with Gasteiger partial charge in [-0.2, -0.15) is 0 Å². The van der Waals surface area contributed by atoms with Crippen molar-refractivity contribution in [1.82, 2.24) is 0 Å². The van der Waals surface area contributed by atoms with Crippen LogP contribution in [-0.4, -0.2) is 39.5 Å². The standard InChI is InChI=1S/C15H18O4Se/c1-4-10-15(2,13(16)18-3)14(17)19-11-20-12-8-6-5-7-9-12/h4-9H,1,10-11H2,2-3H3. The topological polar surface area (TPSA) is 52.6 Å². The van der Waals surface area contributed by atoms with Crippen LogP contribution in [0, 0.1) is 5.41 Å². The van der Waals surface area contributed by atoms with Gasteiger partial charge >= 0.3 is 125 Å². The van der Waals surface area contributed by atoms with Gasteiger partial charge in [0.1, 0.15) is 0 Å². The van der Waals surface area contributed by atoms with E-state index < -0.39 is 17.4 Å². The summed E-state index contributed by atoms with van der Waals surface area (Å²) in [4.78, 5) is 23.8. The van der Waals surface area contributed by atoms with Crippen molar-refractivity contribution in [2.45, 2.75) is 13.3 Å². The van der Waals surface area contributed by atoms with Gasteiger partial charge in [0.15, 0.2) is 0 Å². The maximum absolute atomic E-state index is 12.1. The molecule has 1 aromatic carbocycles. The van der Waals surface area contributed by atoms with Gasteiger partial charge in [0.05, 0.1) is 0 Å². The predicted octanol–water partition coefficient (Wildman–Crippen LogP) is 1.27. The van der Waals surface area contributed by atoms with Crippen LogP contribution in [0.2, 0.25) is 0 Å². The molecule has 0 saturated heterocycles. The van der Waals surface area contributed by atoms with Gasteiger partial charge in [-0.1, -0.05) is 0 Å². The Hall–Kier alpha value is -1.58. The van der Waals surface area contributed by atoms with Crippen molar-refractivity contribution in [3.63, 3.8) is 0 Å². The number of methoxy groups -OCH3 is 1. The van der Waals surface area contributed by atoms with Crippen LogP contribution in [0.15, 0.2) is 43.0 Å². The molecule has 0 fully saturated rings. The minimum absolute atomic E-state index is 0.0299. The van der Waals surface area contributed by atoms with Gasteiger partial charge in [0.25, 0.3) is 0 Å². The minimum atomic E-state index is -1.32. The molecule has 0 aliphatic heterocycles. The van der Waals surface area contributed by atoms with Crippen LogP contribution < -0.4 is 4.46 Å². The first-order chi connectivity index (χ1) is 9.54. The van der Waals surface area contributed by atoms with Crippen LogP contribution in [0.1, 0.15) is 13.3 Å². The van der Waals surface area contributed by atoms with Crippen LogP contribution in [-0.2, 0) is 19.1 Å². The van der Waals surface area contributed by atoms with E-state index in [-0.39, 0.29) is 21.4 Å². The molecule has 0 saturated carbocycles. The second-order valence-electron chi connectivity index (χ2n) is 4.32. The average molecular weight is 341 g/mol. The Morgan fingerprint density at radius 3 is 2.50 bits per heavy atom. The molecule has 1 aromatic rings. The summed E-state index contributed by atoms with van der Waals surface area (Å²) in [5.41, 5.74) is -1.02. The SMILES string of the molecule is C=CCC(C)(C(=O)OC)C(=O)OC[Se]c1ccccc1. The Labute approximate surface area is 125 Å². The molecule has 1 rings (SSSR count). The maximum atomic E-state index is 12.1. The molecule has 0 aliphatic rings. The number of carbonyl (C=O) groups excluding carboxylic acids is 2. The van der Waals surface area contributed by atoms with E-state index in [1.54, 1.807) is 0 Å². The Morgan fingerprint density at radius 1 is 1.30 bits per heavy atom. The zero-order valence-electron chi connectivity index (χ0n) is 11.6. The second-order valence-corrected chi connectivity index (χ2v) is 6.41. The van der Waals surface area contributed by atoms with Gasteiger partial charge in [-0.25, -0.2) is 0 Å². The number of rotatable bonds is 7. The molecule has 0 amide bonds. The van der Waals surface area contributed by atoms with Gasteiger partial charge in [-0.15, -0.1) is 0 Å². The number of esters is 2. The van der Waals surface area contributed by atoms with E-state index in [0.717, 1.165) is 4.46 Å². The molecule has 0 spiro atoms. The number of ether oxygens (including phenoxy) is 2. The number of carbonyl (C=O) groups is 2. The van der Waals surface area contributed by atoms with E-state index in [2.05, 4.69) is 11.3 Å². The van der Waals surface area contributed by atoms with Crippen LogP contribution >= 0.6 is 0 Å². The summed E-state index contributed by atoms with van der Waals surface area (Å²) in [6.07, 6.45) is 1.71. The van der Waals surface area contributed by atoms with Gasteiger partial charge in [0, 0.05) is 0 Å². The van der Waals surface area contributed by atoms with Crippen LogP contribution in [0.5, 0.6) is 0 Å². The first kappa shape index (κ1) is 16.5. The predicted molar refractivity (Wildman–Crippen MR) is 77.7 cm³/mol. The molecule has 4 nitrogen and oxygen atoms in total. The van der Waals surface area contributed by atoms with Crippen molar-refractivity contribution < 1.29 is 19.1 Å². The molecule has 0 radical (unpaired) electrons. The van der Waals surface area contributed by atoms with Crippen LogP contribution in [0.25, 0.3) is 0 Å². The van der Waals surface area contributed by atoms with Crippen LogP contribution in [0.4, 0.5) is 0 Å². The Bertz CT molecular complexity index is 472. The molecule has 0 aromatic heterocycles. The van der Waals surface area contributed by atoms with Gasteiger partial charge in [-0.3, -0.25) is 0 Å². The van der Waals surface area contributed by atoms with Crippen molar-refractivity contribution in [3.8, 4) is 0 Å². The zero-order valence-corrected chi connectivity index (χ0v) is 13.3. The first-order valence-corrected chi connectivity index (χ1v) is 8.15. The molecule has 5 heteroatoms. The van der Waals surface area contributed by atoms with E-state index in [0.29, 0.717) is 5.51 Å². The molecule has 0 bridgehead atoms. The molecule has 1 atom stereocenters. The molecule has 20 heavy (non-hydrogen) atoms. The Balaban J connectivity index is 2.59. The van der Waals surface area contributed by atoms with Crippen LogP contribution in [0.3, 0.4) is 0 Å². The number of hydrogen-bond donors (Lipinski definition) is 0. The van der Waals surface area contributed by atoms with Crippen molar-refractivity contribution in [1.29, 1.82) is 0 Å². The quantitative estimate of drug-likeness (QED) is 0.324. The molecule has 108 valence electrons. The fourth-order valence-corrected chi connectivity index (χ4v) is 2.96. The third kappa shape index (κ3) is 4.22. The number of benzene rings is 1. The average Bonchev–Trinajstić information content (AvgIpc) is 2.47. The summed E-state index contributed by atoms with van der Waals surface area (Å²) < 4.78 is 11.0. The van der Waals surface area contributed by atoms with Crippen molar-refractivity contribution in [2.75, 3.05) is 12.6 Å². The summed E-state index contributed by atoms with van der Waals surface area (Å²) in [6, 6.07) is 9.78. The van der Waals surface area contributed by atoms with Crippen molar-refractivity contribution >= 4 is 31.4 Å². The first-order valence-electron chi connectivity index (χ1n) is 6.09. The monoisotopic (exact) mass is 342 g/mol. The third-order valence-corrected chi connectivity index (χ3v) is 4.56. The Morgan fingerprint density at radius 2 is 1.95 bits per heavy atom. The van der Waals surface area contributed by atoms with E-state index >= 15 is 0 Å². The van der Waals surface area contributed by atoms with Gasteiger partial charge in [0.2, 0.25) is 0 Å². The zero-order chi connectivity index (χ0) is 15.0. The molecule has 0 N–H and O–H groups in total. The van der Waals surface area contributed by atoms with E-state index in [1.165, 1.54) is 20.1 Å². The normalized spacial score (nSPS) is 13.1. The van der Waals surface area contributed by atoms with Crippen molar-refractivity contribution in [2.24, 2.45) is 5.41 Å². The molecular weight excluding hydrogens is 323 g/mol.